The lowest BCUT2D eigenvalue weighted by Crippen LogP contribution is -2.28. The van der Waals surface area contributed by atoms with E-state index in [0.717, 1.165) is 25.9 Å². The van der Waals surface area contributed by atoms with Crippen molar-refractivity contribution >= 4 is 58.2 Å². The molecule has 4 heterocycles. The van der Waals surface area contributed by atoms with Crippen LogP contribution in [0.4, 0.5) is 22.7 Å². The second kappa shape index (κ2) is 18.2. The molecule has 306 valence electrons. The third kappa shape index (κ3) is 11.0. The zero-order chi connectivity index (χ0) is 41.6. The van der Waals surface area contributed by atoms with E-state index in [0.29, 0.717) is 53.6 Å². The fraction of sp³-hybridized carbons (Fsp3) is 0.436. The fourth-order valence-electron chi connectivity index (χ4n) is 6.44. The highest BCUT2D eigenvalue weighted by Crippen LogP contribution is 2.40. The van der Waals surface area contributed by atoms with Crippen molar-refractivity contribution in [3.8, 4) is 0 Å². The van der Waals surface area contributed by atoms with Gasteiger partial charge < -0.3 is 60.0 Å². The molecule has 57 heavy (non-hydrogen) atoms. The minimum atomic E-state index is -0.566. The van der Waals surface area contributed by atoms with Crippen LogP contribution in [-0.4, -0.2) is 118 Å². The second-order valence-electron chi connectivity index (χ2n) is 15.1. The van der Waals surface area contributed by atoms with Gasteiger partial charge in [-0.05, 0) is 84.8 Å². The molecule has 18 nitrogen and oxygen atoms in total. The van der Waals surface area contributed by atoms with Gasteiger partial charge in [0, 0.05) is 66.1 Å². The molecule has 4 aromatic rings. The molecule has 1 unspecified atom stereocenters. The van der Waals surface area contributed by atoms with Gasteiger partial charge in [0.25, 0.3) is 23.6 Å². The van der Waals surface area contributed by atoms with Gasteiger partial charge in [0.1, 0.15) is 22.8 Å². The van der Waals surface area contributed by atoms with Crippen LogP contribution in [-0.2, 0) is 37.8 Å². The summed E-state index contributed by atoms with van der Waals surface area (Å²) < 4.78 is 6.44. The zero-order valence-electron chi connectivity index (χ0n) is 33.9. The Hall–Kier alpha value is -6.14. The van der Waals surface area contributed by atoms with E-state index >= 15 is 0 Å². The fourth-order valence-corrected chi connectivity index (χ4v) is 6.44. The van der Waals surface area contributed by atoms with E-state index in [9.17, 15) is 28.8 Å². The summed E-state index contributed by atoms with van der Waals surface area (Å²) >= 11 is 0. The summed E-state index contributed by atoms with van der Waals surface area (Å²) in [5.41, 5.74) is 3.06. The Kier molecular flexibility index (Phi) is 13.4. The maximum atomic E-state index is 13.2. The minimum Gasteiger partial charge on any atom is -0.351 e. The summed E-state index contributed by atoms with van der Waals surface area (Å²) in [6.45, 7) is 2.76. The molecule has 0 spiro atoms. The molecule has 4 aromatic heterocycles. The number of carbonyl (C=O) groups excluding carboxylic acids is 6. The Labute approximate surface area is 331 Å². The van der Waals surface area contributed by atoms with Gasteiger partial charge in [0.05, 0.1) is 34.6 Å². The first-order valence-corrected chi connectivity index (χ1v) is 18.8. The number of hydrogen-bond donors (Lipinski definition) is 6. The largest absolute Gasteiger partial charge is 0.351 e. The van der Waals surface area contributed by atoms with Crippen molar-refractivity contribution in [1.82, 2.24) is 38.7 Å². The lowest BCUT2D eigenvalue weighted by Gasteiger charge is -2.10. The molecule has 1 aliphatic rings. The maximum Gasteiger partial charge on any atom is 0.272 e. The van der Waals surface area contributed by atoms with Crippen molar-refractivity contribution < 1.29 is 28.8 Å². The molecule has 6 N–H and O–H groups in total. The number of hydrogen-bond acceptors (Lipinski definition) is 8. The first kappa shape index (κ1) is 42.0. The SMILES string of the molecule is CN(C)CCCNC(=O)c1cc(NC(=O)c2cc(NC(=O)C3C[C@@H]3C(=O)Nc3cc(C(=O)Nc4cc(C(=O)NCCCN(C)C)n(C)c4)n(C)c3)cn2C)cn1C. The van der Waals surface area contributed by atoms with Crippen LogP contribution in [0.1, 0.15) is 61.2 Å². The van der Waals surface area contributed by atoms with Crippen LogP contribution in [0.3, 0.4) is 0 Å². The van der Waals surface area contributed by atoms with Gasteiger partial charge >= 0.3 is 0 Å². The Morgan fingerprint density at radius 2 is 0.807 bits per heavy atom. The van der Waals surface area contributed by atoms with Crippen LogP contribution in [0, 0.1) is 11.8 Å². The van der Waals surface area contributed by atoms with Gasteiger partial charge in [-0.1, -0.05) is 0 Å². The van der Waals surface area contributed by atoms with Crippen molar-refractivity contribution in [3.63, 3.8) is 0 Å². The van der Waals surface area contributed by atoms with E-state index in [1.54, 1.807) is 95.5 Å². The normalized spacial score (nSPS) is 14.7. The summed E-state index contributed by atoms with van der Waals surface area (Å²) in [5.74, 6) is -3.17. The number of anilines is 4. The van der Waals surface area contributed by atoms with E-state index in [1.807, 2.05) is 38.0 Å². The molecule has 1 aliphatic carbocycles. The van der Waals surface area contributed by atoms with Crippen molar-refractivity contribution in [2.24, 2.45) is 40.0 Å². The molecule has 0 aliphatic heterocycles. The topological polar surface area (TPSA) is 201 Å². The second-order valence-corrected chi connectivity index (χ2v) is 15.1. The van der Waals surface area contributed by atoms with Gasteiger partial charge in [-0.3, -0.25) is 28.8 Å². The van der Waals surface area contributed by atoms with E-state index in [4.69, 9.17) is 0 Å². The van der Waals surface area contributed by atoms with Gasteiger partial charge in [-0.2, -0.15) is 0 Å². The highest BCUT2D eigenvalue weighted by Gasteiger charge is 2.48. The summed E-state index contributed by atoms with van der Waals surface area (Å²) in [6.07, 6.45) is 8.48. The molecule has 0 aromatic carbocycles. The standard InChI is InChI=1S/C39H54N12O6/c1-46(2)13-9-11-40-36(54)30-15-26(22-48(30)5)44-38(56)32-17-24(20-50(32)7)42-34(52)28-19-29(28)35(53)43-25-18-33(51(8)21-25)39(57)45-27-16-31(49(6)23-27)37(55)41-12-10-14-47(3)4/h15-18,20-23,28-29H,9-14,19H2,1-8H3,(H,40,54)(H,41,55)(H,42,52)(H,43,53)(H,44,56)(H,45,57)/t28-,29?/m0/s1. The van der Waals surface area contributed by atoms with Crippen LogP contribution in [0.25, 0.3) is 0 Å². The monoisotopic (exact) mass is 786 g/mol. The van der Waals surface area contributed by atoms with Crippen LogP contribution < -0.4 is 31.9 Å². The van der Waals surface area contributed by atoms with E-state index in [1.165, 1.54) is 0 Å². The van der Waals surface area contributed by atoms with E-state index < -0.39 is 23.7 Å². The molecule has 0 bridgehead atoms. The molecule has 0 radical (unpaired) electrons. The van der Waals surface area contributed by atoms with Gasteiger partial charge in [0.2, 0.25) is 11.8 Å². The minimum absolute atomic E-state index is 0.239. The lowest BCUT2D eigenvalue weighted by molar-refractivity contribution is -0.122. The lowest BCUT2D eigenvalue weighted by atomic mass is 10.2. The average molecular weight is 787 g/mol. The summed E-state index contributed by atoms with van der Waals surface area (Å²) in [7, 11) is 14.7. The molecule has 6 amide bonds. The van der Waals surface area contributed by atoms with E-state index in [-0.39, 0.29) is 35.0 Å². The molecule has 1 saturated carbocycles. The van der Waals surface area contributed by atoms with Crippen molar-refractivity contribution in [2.45, 2.75) is 19.3 Å². The van der Waals surface area contributed by atoms with Crippen LogP contribution in [0.2, 0.25) is 0 Å². The number of nitrogens with one attached hydrogen (secondary N) is 6. The van der Waals surface area contributed by atoms with Gasteiger partial charge in [-0.25, -0.2) is 0 Å². The zero-order valence-corrected chi connectivity index (χ0v) is 33.9. The number of aromatic nitrogens is 4. The molecule has 5 rings (SSSR count). The first-order valence-electron chi connectivity index (χ1n) is 18.8. The quantitative estimate of drug-likeness (QED) is 0.0824. The Morgan fingerprint density at radius 1 is 0.509 bits per heavy atom. The van der Waals surface area contributed by atoms with Gasteiger partial charge in [-0.15, -0.1) is 0 Å². The average Bonchev–Trinajstić information content (AvgIpc) is 3.28. The number of aryl methyl sites for hydroxylation is 4. The van der Waals surface area contributed by atoms with E-state index in [2.05, 4.69) is 31.9 Å². The number of rotatable bonds is 18. The van der Waals surface area contributed by atoms with Crippen LogP contribution in [0.5, 0.6) is 0 Å². The summed E-state index contributed by atoms with van der Waals surface area (Å²) in [5, 5.41) is 17.0. The maximum absolute atomic E-state index is 13.2. The molecule has 0 saturated heterocycles. The number of amides is 6. The third-order valence-corrected chi connectivity index (χ3v) is 9.60. The first-order chi connectivity index (χ1) is 27.0. The van der Waals surface area contributed by atoms with Crippen molar-refractivity contribution in [1.29, 1.82) is 0 Å². The Balaban J connectivity index is 1.09. The summed E-state index contributed by atoms with van der Waals surface area (Å²) in [6, 6.07) is 6.29. The molecule has 1 fully saturated rings. The number of carbonyl (C=O) groups is 6. The number of nitrogens with zero attached hydrogens (tertiary/aromatic N) is 6. The Bertz CT molecular complexity index is 1990. The molecule has 18 heteroatoms. The predicted octanol–water partition coefficient (Wildman–Crippen LogP) is 2.12. The molecule has 2 atom stereocenters. The third-order valence-electron chi connectivity index (χ3n) is 9.60. The van der Waals surface area contributed by atoms with Crippen LogP contribution >= 0.6 is 0 Å². The highest BCUT2D eigenvalue weighted by atomic mass is 16.2. The van der Waals surface area contributed by atoms with Crippen molar-refractivity contribution in [2.75, 3.05) is 75.6 Å². The molecular weight excluding hydrogens is 733 g/mol. The smallest absolute Gasteiger partial charge is 0.272 e. The molecular formula is C39H54N12O6. The highest BCUT2D eigenvalue weighted by molar-refractivity contribution is 6.08. The summed E-state index contributed by atoms with van der Waals surface area (Å²) in [4.78, 5) is 81.9. The van der Waals surface area contributed by atoms with Gasteiger partial charge in [0.15, 0.2) is 0 Å². The van der Waals surface area contributed by atoms with Crippen LogP contribution in [0.15, 0.2) is 49.1 Å². The predicted molar refractivity (Wildman–Crippen MR) is 217 cm³/mol. The Morgan fingerprint density at radius 3 is 1.12 bits per heavy atom. The van der Waals surface area contributed by atoms with Crippen molar-refractivity contribution in [3.05, 3.63) is 71.8 Å².